The van der Waals surface area contributed by atoms with Crippen LogP contribution in [0.15, 0.2) is 24.4 Å². The highest BCUT2D eigenvalue weighted by molar-refractivity contribution is 5.74. The Balaban J connectivity index is 1.71. The number of halogens is 3. The Morgan fingerprint density at radius 3 is 2.69 bits per heavy atom. The van der Waals surface area contributed by atoms with E-state index in [0.29, 0.717) is 37.1 Å². The highest BCUT2D eigenvalue weighted by Crippen LogP contribution is 2.31. The van der Waals surface area contributed by atoms with Crippen molar-refractivity contribution in [2.75, 3.05) is 25.0 Å². The number of aryl methyl sites for hydroxylation is 1. The lowest BCUT2D eigenvalue weighted by molar-refractivity contribution is -0.135. The van der Waals surface area contributed by atoms with Gasteiger partial charge in [0.25, 0.3) is 6.43 Å². The molecule has 2 aromatic rings. The van der Waals surface area contributed by atoms with Crippen LogP contribution in [0.2, 0.25) is 0 Å². The Kier molecular flexibility index (Phi) is 6.24. The third kappa shape index (κ3) is 4.78. The molecule has 1 saturated heterocycles. The molecule has 0 saturated carbocycles. The van der Waals surface area contributed by atoms with Crippen LogP contribution in [0.5, 0.6) is 5.75 Å². The van der Waals surface area contributed by atoms with Crippen LogP contribution in [0.1, 0.15) is 43.3 Å². The quantitative estimate of drug-likeness (QED) is 0.753. The molecule has 1 aliphatic rings. The largest absolute Gasteiger partial charge is 0.488 e. The van der Waals surface area contributed by atoms with E-state index in [1.54, 1.807) is 18.7 Å². The summed E-state index contributed by atoms with van der Waals surface area (Å²) in [7, 11) is 0. The van der Waals surface area contributed by atoms with Crippen molar-refractivity contribution in [2.45, 2.75) is 33.2 Å². The molecule has 0 unspecified atom stereocenters. The van der Waals surface area contributed by atoms with E-state index in [-0.39, 0.29) is 17.4 Å². The normalized spacial score (nSPS) is 15.2. The Morgan fingerprint density at radius 1 is 1.34 bits per heavy atom. The Morgan fingerprint density at radius 2 is 2.03 bits per heavy atom. The number of aromatic nitrogens is 2. The molecule has 0 bridgehead atoms. The van der Waals surface area contributed by atoms with E-state index in [4.69, 9.17) is 4.74 Å². The molecule has 9 heteroatoms. The van der Waals surface area contributed by atoms with Gasteiger partial charge in [-0.1, -0.05) is 18.2 Å². The van der Waals surface area contributed by atoms with Crippen LogP contribution < -0.4 is 10.1 Å². The van der Waals surface area contributed by atoms with Gasteiger partial charge < -0.3 is 15.0 Å². The average Bonchev–Trinajstić information content (AvgIpc) is 2.61. The molecule has 1 aliphatic heterocycles. The van der Waals surface area contributed by atoms with Crippen LogP contribution in [-0.4, -0.2) is 40.5 Å². The van der Waals surface area contributed by atoms with E-state index >= 15 is 0 Å². The van der Waals surface area contributed by atoms with Gasteiger partial charge in [0.05, 0.1) is 24.4 Å². The maximum absolute atomic E-state index is 14.4. The highest BCUT2D eigenvalue weighted by atomic mass is 19.3. The molecular weight excluding hydrogens is 385 g/mol. The maximum atomic E-state index is 14.4. The standard InChI is InChI=1S/C20H23F3N4O2/c1-11(15-5-4-6-16(18(15)21)19(22)23)25-20-17(7-24-12(2)26-20)29-10-14-8-27(9-14)13(3)28/h4-7,11,14,19H,8-10H2,1-3H3,(H,24,25,26)/t11-/m1/s1. The molecule has 0 spiro atoms. The summed E-state index contributed by atoms with van der Waals surface area (Å²) in [6, 6.07) is 3.31. The molecule has 3 rings (SSSR count). The summed E-state index contributed by atoms with van der Waals surface area (Å²) in [5, 5.41) is 3.04. The summed E-state index contributed by atoms with van der Waals surface area (Å²) in [5.41, 5.74) is -0.521. The average molecular weight is 408 g/mol. The zero-order valence-electron chi connectivity index (χ0n) is 16.5. The molecule has 0 radical (unpaired) electrons. The number of carbonyl (C=O) groups is 1. The summed E-state index contributed by atoms with van der Waals surface area (Å²) < 4.78 is 46.2. The second-order valence-corrected chi connectivity index (χ2v) is 7.15. The third-order valence-corrected chi connectivity index (χ3v) is 4.87. The number of rotatable bonds is 7. The van der Waals surface area contributed by atoms with Gasteiger partial charge in [-0.15, -0.1) is 0 Å². The molecule has 1 N–H and O–H groups in total. The minimum absolute atomic E-state index is 0.0316. The number of benzene rings is 1. The Hall–Kier alpha value is -2.84. The predicted octanol–water partition coefficient (Wildman–Crippen LogP) is 3.89. The molecule has 0 aliphatic carbocycles. The van der Waals surface area contributed by atoms with E-state index in [1.807, 2.05) is 0 Å². The van der Waals surface area contributed by atoms with Gasteiger partial charge in [-0.05, 0) is 13.8 Å². The fourth-order valence-corrected chi connectivity index (χ4v) is 3.16. The van der Waals surface area contributed by atoms with Gasteiger partial charge in [0.1, 0.15) is 11.6 Å². The lowest BCUT2D eigenvalue weighted by atomic mass is 10.0. The molecular formula is C20H23F3N4O2. The number of nitrogens with one attached hydrogen (secondary N) is 1. The molecule has 1 aromatic heterocycles. The van der Waals surface area contributed by atoms with Gasteiger partial charge >= 0.3 is 0 Å². The van der Waals surface area contributed by atoms with E-state index in [1.165, 1.54) is 25.3 Å². The number of hydrogen-bond donors (Lipinski definition) is 1. The molecule has 1 atom stereocenters. The minimum Gasteiger partial charge on any atom is -0.488 e. The number of ether oxygens (including phenoxy) is 1. The highest BCUT2D eigenvalue weighted by Gasteiger charge is 2.29. The first-order valence-corrected chi connectivity index (χ1v) is 9.31. The third-order valence-electron chi connectivity index (χ3n) is 4.87. The van der Waals surface area contributed by atoms with E-state index < -0.39 is 23.8 Å². The first-order chi connectivity index (χ1) is 13.8. The molecule has 1 fully saturated rings. The number of hydrogen-bond acceptors (Lipinski definition) is 5. The topological polar surface area (TPSA) is 67.4 Å². The first-order valence-electron chi connectivity index (χ1n) is 9.31. The maximum Gasteiger partial charge on any atom is 0.266 e. The monoisotopic (exact) mass is 408 g/mol. The number of alkyl halides is 2. The molecule has 156 valence electrons. The van der Waals surface area contributed by atoms with E-state index in [9.17, 15) is 18.0 Å². The van der Waals surface area contributed by atoms with E-state index in [2.05, 4.69) is 15.3 Å². The summed E-state index contributed by atoms with van der Waals surface area (Å²) >= 11 is 0. The van der Waals surface area contributed by atoms with Gasteiger partial charge in [0, 0.05) is 31.5 Å². The Labute approximate surface area is 167 Å². The number of amides is 1. The lowest BCUT2D eigenvalue weighted by Crippen LogP contribution is -2.51. The zero-order valence-corrected chi connectivity index (χ0v) is 16.5. The second-order valence-electron chi connectivity index (χ2n) is 7.15. The van der Waals surface area contributed by atoms with Crippen molar-refractivity contribution >= 4 is 11.7 Å². The lowest BCUT2D eigenvalue weighted by Gasteiger charge is -2.38. The minimum atomic E-state index is -2.89. The second kappa shape index (κ2) is 8.67. The van der Waals surface area contributed by atoms with Gasteiger partial charge in [-0.2, -0.15) is 0 Å². The van der Waals surface area contributed by atoms with Crippen LogP contribution in [0.25, 0.3) is 0 Å². The van der Waals surface area contributed by atoms with Crippen LogP contribution in [0.3, 0.4) is 0 Å². The van der Waals surface area contributed by atoms with Crippen molar-refractivity contribution in [2.24, 2.45) is 5.92 Å². The van der Waals surface area contributed by atoms with E-state index in [0.717, 1.165) is 6.07 Å². The molecule has 1 amide bonds. The number of likely N-dealkylation sites (tertiary alicyclic amines) is 1. The molecule has 2 heterocycles. The van der Waals surface area contributed by atoms with Gasteiger partial charge in [0.2, 0.25) is 5.91 Å². The Bertz CT molecular complexity index is 888. The van der Waals surface area contributed by atoms with Crippen molar-refractivity contribution in [3.8, 4) is 5.75 Å². The summed E-state index contributed by atoms with van der Waals surface area (Å²) in [4.78, 5) is 21.4. The van der Waals surface area contributed by atoms with Crippen molar-refractivity contribution in [1.29, 1.82) is 0 Å². The van der Waals surface area contributed by atoms with Crippen molar-refractivity contribution < 1.29 is 22.7 Å². The van der Waals surface area contributed by atoms with Gasteiger partial charge in [0.15, 0.2) is 11.6 Å². The SMILES string of the molecule is CC(=O)N1CC(COc2cnc(C)nc2N[C@H](C)c2cccc(C(F)F)c2F)C1. The van der Waals surface area contributed by atoms with Crippen LogP contribution in [-0.2, 0) is 4.79 Å². The summed E-state index contributed by atoms with van der Waals surface area (Å²) in [5.74, 6) is 0.535. The van der Waals surface area contributed by atoms with Crippen molar-refractivity contribution in [1.82, 2.24) is 14.9 Å². The fourth-order valence-electron chi connectivity index (χ4n) is 3.16. The van der Waals surface area contributed by atoms with Crippen LogP contribution >= 0.6 is 0 Å². The van der Waals surface area contributed by atoms with Crippen LogP contribution in [0.4, 0.5) is 19.0 Å². The molecule has 29 heavy (non-hydrogen) atoms. The number of anilines is 1. The van der Waals surface area contributed by atoms with Crippen molar-refractivity contribution in [3.05, 3.63) is 47.2 Å². The van der Waals surface area contributed by atoms with Gasteiger partial charge in [-0.3, -0.25) is 4.79 Å². The zero-order chi connectivity index (χ0) is 21.1. The van der Waals surface area contributed by atoms with Crippen molar-refractivity contribution in [3.63, 3.8) is 0 Å². The summed E-state index contributed by atoms with van der Waals surface area (Å²) in [6.45, 7) is 6.53. The summed E-state index contributed by atoms with van der Waals surface area (Å²) in [6.07, 6.45) is -1.37. The number of carbonyl (C=O) groups excluding carboxylic acids is 1. The van der Waals surface area contributed by atoms with Crippen LogP contribution in [0, 0.1) is 18.7 Å². The first kappa shape index (κ1) is 20.9. The smallest absolute Gasteiger partial charge is 0.266 e. The van der Waals surface area contributed by atoms with Gasteiger partial charge in [-0.25, -0.2) is 23.1 Å². The molecule has 6 nitrogen and oxygen atoms in total. The predicted molar refractivity (Wildman–Crippen MR) is 101 cm³/mol. The fraction of sp³-hybridized carbons (Fsp3) is 0.450. The number of nitrogens with zero attached hydrogens (tertiary/aromatic N) is 3. The molecule has 1 aromatic carbocycles.